The predicted octanol–water partition coefficient (Wildman–Crippen LogP) is 3.45. The molecule has 180 valence electrons. The van der Waals surface area contributed by atoms with E-state index in [1.165, 1.54) is 6.07 Å². The van der Waals surface area contributed by atoms with E-state index in [1.807, 2.05) is 0 Å². The lowest BCUT2D eigenvalue weighted by Crippen LogP contribution is -2.53. The molecule has 0 spiro atoms. The summed E-state index contributed by atoms with van der Waals surface area (Å²) in [5, 5.41) is 13.8. The van der Waals surface area contributed by atoms with Crippen molar-refractivity contribution in [3.05, 3.63) is 40.2 Å². The Morgan fingerprint density at radius 1 is 1.24 bits per heavy atom. The number of carbonyl (C=O) groups excluding carboxylic acids is 1. The molecule has 2 N–H and O–H groups in total. The molecule has 0 fully saturated rings. The van der Waals surface area contributed by atoms with Crippen LogP contribution in [0.2, 0.25) is 10.0 Å². The van der Waals surface area contributed by atoms with Crippen molar-refractivity contribution in [2.45, 2.75) is 17.7 Å². The van der Waals surface area contributed by atoms with Crippen LogP contribution in [0.3, 0.4) is 0 Å². The van der Waals surface area contributed by atoms with Crippen LogP contribution >= 0.6 is 35.8 Å². The van der Waals surface area contributed by atoms with Gasteiger partial charge in [0.25, 0.3) is 11.8 Å². The largest absolute Gasteiger partial charge is 0.522 e. The van der Waals surface area contributed by atoms with Gasteiger partial charge in [-0.3, -0.25) is 9.53 Å². The number of alkyl halides is 3. The Morgan fingerprint density at radius 2 is 2.03 bits per heavy atom. The van der Waals surface area contributed by atoms with E-state index >= 15 is 0 Å². The Hall–Kier alpha value is -2.35. The van der Waals surface area contributed by atoms with Gasteiger partial charge in [0.2, 0.25) is 0 Å². The van der Waals surface area contributed by atoms with E-state index in [-0.39, 0.29) is 25.1 Å². The zero-order valence-electron chi connectivity index (χ0n) is 16.6. The summed E-state index contributed by atoms with van der Waals surface area (Å²) in [6, 6.07) is 4.64. The molecule has 33 heavy (non-hydrogen) atoms. The highest BCUT2D eigenvalue weighted by Gasteiger charge is 2.32. The van der Waals surface area contributed by atoms with E-state index < -0.39 is 30.4 Å². The number of hydrogen-bond donors (Lipinski definition) is 3. The minimum atomic E-state index is -4.75. The maximum atomic E-state index is 12.3. The fraction of sp³-hybridized carbons (Fsp3) is 0.389. The Bertz CT molecular complexity index is 1020. The molecule has 1 aromatic heterocycles. The highest BCUT2D eigenvalue weighted by atomic mass is 35.5. The average Bonchev–Trinajstić information content (AvgIpc) is 3.20. The summed E-state index contributed by atoms with van der Waals surface area (Å²) < 4.78 is 54.9. The molecule has 2 heterocycles. The number of aromatic nitrogens is 2. The standard InChI is InChI=1S/C18H17Cl2F3N4O5S/c19-11-2-1-10(7-12(11)20)30-8-14(28)25-17(33)4-3-13(24-9-17)15-26-27-16(32-15)29-5-6-31-18(21,22)23/h1-3,7,24,33H,4-6,8-9H2,(H,25,28)/t17-/m1/s1. The summed E-state index contributed by atoms with van der Waals surface area (Å²) in [5.41, 5.74) is 0.454. The molecule has 3 rings (SSSR count). The van der Waals surface area contributed by atoms with Gasteiger partial charge in [-0.1, -0.05) is 34.4 Å². The van der Waals surface area contributed by atoms with Crippen LogP contribution < -0.4 is 20.1 Å². The zero-order valence-corrected chi connectivity index (χ0v) is 19.0. The molecule has 0 bridgehead atoms. The van der Waals surface area contributed by atoms with E-state index in [4.69, 9.17) is 37.1 Å². The summed E-state index contributed by atoms with van der Waals surface area (Å²) >= 11 is 16.3. The Balaban J connectivity index is 1.46. The second-order valence-corrected chi connectivity index (χ2v) is 8.31. The smallest absolute Gasteiger partial charge is 0.484 e. The van der Waals surface area contributed by atoms with Crippen LogP contribution in [-0.2, 0) is 9.53 Å². The van der Waals surface area contributed by atoms with E-state index in [2.05, 4.69) is 38.2 Å². The molecule has 1 aliphatic rings. The summed E-state index contributed by atoms with van der Waals surface area (Å²) in [7, 11) is 0. The molecule has 0 saturated carbocycles. The quantitative estimate of drug-likeness (QED) is 0.258. The molecule has 1 atom stereocenters. The normalized spacial score (nSPS) is 18.3. The number of carbonyl (C=O) groups is 1. The molecule has 1 aliphatic heterocycles. The molecule has 0 saturated heterocycles. The third kappa shape index (κ3) is 7.88. The highest BCUT2D eigenvalue weighted by molar-refractivity contribution is 7.81. The van der Waals surface area contributed by atoms with Gasteiger partial charge in [-0.05, 0) is 12.1 Å². The van der Waals surface area contributed by atoms with Gasteiger partial charge >= 0.3 is 12.4 Å². The molecular formula is C18H17Cl2F3N4O5S. The van der Waals surface area contributed by atoms with Crippen molar-refractivity contribution in [2.24, 2.45) is 0 Å². The van der Waals surface area contributed by atoms with Crippen molar-refractivity contribution >= 4 is 47.4 Å². The monoisotopic (exact) mass is 528 g/mol. The second-order valence-electron chi connectivity index (χ2n) is 6.64. The van der Waals surface area contributed by atoms with Gasteiger partial charge in [0.05, 0.1) is 22.3 Å². The van der Waals surface area contributed by atoms with Crippen LogP contribution in [0.4, 0.5) is 13.2 Å². The van der Waals surface area contributed by atoms with Gasteiger partial charge in [-0.2, -0.15) is 0 Å². The fourth-order valence-electron chi connectivity index (χ4n) is 2.59. The van der Waals surface area contributed by atoms with Crippen molar-refractivity contribution in [3.8, 4) is 11.8 Å². The minimum Gasteiger partial charge on any atom is -0.484 e. The minimum absolute atomic E-state index is 0.0615. The topological polar surface area (TPSA) is 108 Å². The first-order valence-electron chi connectivity index (χ1n) is 9.26. The van der Waals surface area contributed by atoms with E-state index in [9.17, 15) is 18.0 Å². The predicted molar refractivity (Wildman–Crippen MR) is 114 cm³/mol. The number of benzene rings is 1. The Kier molecular flexibility index (Phi) is 8.21. The van der Waals surface area contributed by atoms with Crippen LogP contribution in [0.25, 0.3) is 5.70 Å². The van der Waals surface area contributed by atoms with Crippen molar-refractivity contribution in [2.75, 3.05) is 26.4 Å². The summed E-state index contributed by atoms with van der Waals surface area (Å²) in [4.78, 5) is 11.3. The zero-order chi connectivity index (χ0) is 24.1. The number of amides is 1. The highest BCUT2D eigenvalue weighted by Crippen LogP contribution is 2.27. The van der Waals surface area contributed by atoms with Crippen molar-refractivity contribution < 1.29 is 36.6 Å². The van der Waals surface area contributed by atoms with Gasteiger partial charge in [0.15, 0.2) is 6.61 Å². The van der Waals surface area contributed by atoms with Gasteiger partial charge in [-0.15, -0.1) is 30.9 Å². The number of nitrogens with one attached hydrogen (secondary N) is 2. The van der Waals surface area contributed by atoms with Gasteiger partial charge in [0.1, 0.15) is 17.2 Å². The van der Waals surface area contributed by atoms with Gasteiger partial charge < -0.3 is 24.5 Å². The van der Waals surface area contributed by atoms with Gasteiger partial charge in [-0.25, -0.2) is 0 Å². The van der Waals surface area contributed by atoms with Crippen LogP contribution in [-0.4, -0.2) is 53.7 Å². The van der Waals surface area contributed by atoms with Gasteiger partial charge in [0, 0.05) is 19.0 Å². The van der Waals surface area contributed by atoms with E-state index in [0.29, 0.717) is 27.9 Å². The Morgan fingerprint density at radius 3 is 2.70 bits per heavy atom. The first-order chi connectivity index (χ1) is 15.5. The molecule has 2 aromatic rings. The average molecular weight is 529 g/mol. The molecule has 15 heteroatoms. The first kappa shape index (κ1) is 25.3. The molecular weight excluding hydrogens is 512 g/mol. The lowest BCUT2D eigenvalue weighted by molar-refractivity contribution is -0.325. The number of rotatable bonds is 9. The number of hydrogen-bond acceptors (Lipinski definition) is 9. The fourth-order valence-corrected chi connectivity index (χ4v) is 3.17. The summed E-state index contributed by atoms with van der Waals surface area (Å²) in [5.74, 6) is 0.0341. The van der Waals surface area contributed by atoms with Crippen LogP contribution in [0.1, 0.15) is 12.3 Å². The number of nitrogens with zero attached hydrogens (tertiary/aromatic N) is 2. The third-order valence-corrected chi connectivity index (χ3v) is 5.25. The van der Waals surface area contributed by atoms with Crippen LogP contribution in [0.5, 0.6) is 11.8 Å². The van der Waals surface area contributed by atoms with Crippen molar-refractivity contribution in [3.63, 3.8) is 0 Å². The van der Waals surface area contributed by atoms with Crippen LogP contribution in [0, 0.1) is 0 Å². The molecule has 0 aliphatic carbocycles. The van der Waals surface area contributed by atoms with Crippen molar-refractivity contribution in [1.29, 1.82) is 0 Å². The lowest BCUT2D eigenvalue weighted by atomic mass is 10.1. The van der Waals surface area contributed by atoms with E-state index in [0.717, 1.165) is 0 Å². The molecule has 0 unspecified atom stereocenters. The summed E-state index contributed by atoms with van der Waals surface area (Å²) in [6.07, 6.45) is -3.09. The lowest BCUT2D eigenvalue weighted by Gasteiger charge is -2.33. The SMILES string of the molecule is O=C(COc1ccc(Cl)c(Cl)c1)N[C@@]1(S)CC=C(c2nnc(OCCOC(F)(F)F)o2)NC1. The molecule has 1 aromatic carbocycles. The van der Waals surface area contributed by atoms with Crippen LogP contribution in [0.15, 0.2) is 28.7 Å². The third-order valence-electron chi connectivity index (χ3n) is 4.06. The maximum Gasteiger partial charge on any atom is 0.522 e. The molecule has 0 radical (unpaired) electrons. The first-order valence-corrected chi connectivity index (χ1v) is 10.5. The second kappa shape index (κ2) is 10.7. The molecule has 9 nitrogen and oxygen atoms in total. The molecule has 1 amide bonds. The van der Waals surface area contributed by atoms with Crippen molar-refractivity contribution in [1.82, 2.24) is 20.8 Å². The Labute approximate surface area is 201 Å². The van der Waals surface area contributed by atoms with E-state index in [1.54, 1.807) is 18.2 Å². The number of thiol groups is 1. The number of halogens is 5. The number of ether oxygens (including phenoxy) is 3. The summed E-state index contributed by atoms with van der Waals surface area (Å²) in [6.45, 7) is -1.21. The maximum absolute atomic E-state index is 12.3.